The number of nitrogens with zero attached hydrogens (tertiary/aromatic N) is 4. The molecule has 2 fully saturated rings. The summed E-state index contributed by atoms with van der Waals surface area (Å²) in [6.45, 7) is 8.04. The van der Waals surface area contributed by atoms with Crippen LogP contribution < -0.4 is 4.90 Å². The molecule has 0 aliphatic carbocycles. The maximum Gasteiger partial charge on any atom is 0.0983 e. The largest absolute Gasteiger partial charge is 0.370 e. The second-order valence-corrected chi connectivity index (χ2v) is 7.60. The van der Waals surface area contributed by atoms with E-state index in [0.717, 1.165) is 45.8 Å². The molecule has 0 N–H and O–H groups in total. The summed E-state index contributed by atoms with van der Waals surface area (Å²) in [5.41, 5.74) is 3.87. The molecule has 0 radical (unpaired) electrons. The maximum atomic E-state index is 6.36. The van der Waals surface area contributed by atoms with Gasteiger partial charge in [-0.05, 0) is 37.5 Å². The molecule has 0 amide bonds. The predicted molar refractivity (Wildman–Crippen MR) is 99.8 cm³/mol. The standard InChI is InChI=1S/C20H28N4O/c1-17-5-3-6-18(11-17)24-8-4-7-20(15-24)14-23(9-10-25-20)13-19-12-21-16-22(19)2/h3,5-6,11-12,16H,4,7-10,13-15H2,1-2H3/t20-/m1/s1. The fourth-order valence-electron chi connectivity index (χ4n) is 4.21. The number of ether oxygens (including phenoxy) is 1. The first-order valence-electron chi connectivity index (χ1n) is 9.27. The van der Waals surface area contributed by atoms with Crippen molar-refractivity contribution in [3.05, 3.63) is 48.0 Å². The summed E-state index contributed by atoms with van der Waals surface area (Å²) in [5, 5.41) is 0. The zero-order valence-electron chi connectivity index (χ0n) is 15.3. The van der Waals surface area contributed by atoms with Crippen molar-refractivity contribution in [3.8, 4) is 0 Å². The zero-order valence-corrected chi connectivity index (χ0v) is 15.3. The highest BCUT2D eigenvalue weighted by Crippen LogP contribution is 2.32. The maximum absolute atomic E-state index is 6.36. The number of benzene rings is 1. The van der Waals surface area contributed by atoms with Crippen LogP contribution in [0.15, 0.2) is 36.8 Å². The summed E-state index contributed by atoms with van der Waals surface area (Å²) in [6, 6.07) is 8.83. The van der Waals surface area contributed by atoms with E-state index in [-0.39, 0.29) is 5.60 Å². The molecule has 25 heavy (non-hydrogen) atoms. The van der Waals surface area contributed by atoms with Crippen LogP contribution in [0.1, 0.15) is 24.1 Å². The SMILES string of the molecule is Cc1cccc(N2CCC[C@@]3(CN(Cc4cncn4C)CCO3)C2)c1. The monoisotopic (exact) mass is 340 g/mol. The van der Waals surface area contributed by atoms with Gasteiger partial charge in [0.25, 0.3) is 0 Å². The summed E-state index contributed by atoms with van der Waals surface area (Å²) in [5.74, 6) is 0. The topological polar surface area (TPSA) is 33.5 Å². The molecular formula is C20H28N4O. The second kappa shape index (κ2) is 6.81. The van der Waals surface area contributed by atoms with E-state index in [4.69, 9.17) is 4.74 Å². The van der Waals surface area contributed by atoms with Gasteiger partial charge in [0.05, 0.1) is 24.2 Å². The smallest absolute Gasteiger partial charge is 0.0983 e. The molecule has 4 rings (SSSR count). The van der Waals surface area contributed by atoms with Gasteiger partial charge in [-0.3, -0.25) is 4.90 Å². The van der Waals surface area contributed by atoms with Crippen LogP contribution in [0.25, 0.3) is 0 Å². The first kappa shape index (κ1) is 16.6. The number of hydrogen-bond acceptors (Lipinski definition) is 4. The molecule has 2 aliphatic heterocycles. The van der Waals surface area contributed by atoms with Crippen LogP contribution in [0.2, 0.25) is 0 Å². The average molecular weight is 340 g/mol. The Morgan fingerprint density at radius 1 is 1.24 bits per heavy atom. The third kappa shape index (κ3) is 3.58. The highest BCUT2D eigenvalue weighted by atomic mass is 16.5. The van der Waals surface area contributed by atoms with Crippen molar-refractivity contribution >= 4 is 5.69 Å². The van der Waals surface area contributed by atoms with Crippen LogP contribution >= 0.6 is 0 Å². The molecule has 2 aromatic rings. The van der Waals surface area contributed by atoms with E-state index >= 15 is 0 Å². The average Bonchev–Trinajstić information content (AvgIpc) is 3.00. The van der Waals surface area contributed by atoms with Gasteiger partial charge in [0.1, 0.15) is 0 Å². The number of imidazole rings is 1. The zero-order chi connectivity index (χ0) is 17.3. The molecule has 3 heterocycles. The lowest BCUT2D eigenvalue weighted by molar-refractivity contribution is -0.116. The molecule has 1 spiro atoms. The molecule has 0 unspecified atom stereocenters. The van der Waals surface area contributed by atoms with Crippen LogP contribution in [0.4, 0.5) is 5.69 Å². The van der Waals surface area contributed by atoms with Crippen LogP contribution in [0.5, 0.6) is 0 Å². The van der Waals surface area contributed by atoms with Gasteiger partial charge in [-0.2, -0.15) is 0 Å². The van der Waals surface area contributed by atoms with Crippen molar-refractivity contribution in [2.45, 2.75) is 31.9 Å². The highest BCUT2D eigenvalue weighted by molar-refractivity contribution is 5.49. The summed E-state index contributed by atoms with van der Waals surface area (Å²) < 4.78 is 8.48. The quantitative estimate of drug-likeness (QED) is 0.860. The number of rotatable bonds is 3. The van der Waals surface area contributed by atoms with E-state index < -0.39 is 0 Å². The Morgan fingerprint density at radius 3 is 2.96 bits per heavy atom. The van der Waals surface area contributed by atoms with Crippen molar-refractivity contribution in [3.63, 3.8) is 0 Å². The molecule has 0 bridgehead atoms. The minimum Gasteiger partial charge on any atom is -0.370 e. The first-order chi connectivity index (χ1) is 12.1. The summed E-state index contributed by atoms with van der Waals surface area (Å²) in [6.07, 6.45) is 6.19. The normalized spacial score (nSPS) is 24.8. The van der Waals surface area contributed by atoms with E-state index in [0.29, 0.717) is 0 Å². The minimum absolute atomic E-state index is 0.0428. The van der Waals surface area contributed by atoms with Gasteiger partial charge in [-0.25, -0.2) is 4.98 Å². The van der Waals surface area contributed by atoms with Gasteiger partial charge < -0.3 is 14.2 Å². The van der Waals surface area contributed by atoms with Gasteiger partial charge >= 0.3 is 0 Å². The van der Waals surface area contributed by atoms with Gasteiger partial charge in [0.2, 0.25) is 0 Å². The molecule has 5 heteroatoms. The van der Waals surface area contributed by atoms with Crippen LogP contribution in [0.3, 0.4) is 0 Å². The fourth-order valence-corrected chi connectivity index (χ4v) is 4.21. The number of piperidine rings is 1. The lowest BCUT2D eigenvalue weighted by atomic mass is 9.90. The van der Waals surface area contributed by atoms with Crippen LogP contribution in [-0.4, -0.2) is 52.8 Å². The van der Waals surface area contributed by atoms with Crippen molar-refractivity contribution in [2.75, 3.05) is 37.7 Å². The first-order valence-corrected chi connectivity index (χ1v) is 9.27. The summed E-state index contributed by atoms with van der Waals surface area (Å²) in [4.78, 5) is 9.28. The molecule has 2 saturated heterocycles. The van der Waals surface area contributed by atoms with Crippen molar-refractivity contribution in [1.29, 1.82) is 0 Å². The molecule has 1 aromatic carbocycles. The molecule has 1 atom stereocenters. The van der Waals surface area contributed by atoms with E-state index in [9.17, 15) is 0 Å². The lowest BCUT2D eigenvalue weighted by Crippen LogP contribution is -2.59. The summed E-state index contributed by atoms with van der Waals surface area (Å²) >= 11 is 0. The van der Waals surface area contributed by atoms with E-state index in [1.165, 1.54) is 23.4 Å². The molecular weight excluding hydrogens is 312 g/mol. The molecule has 0 saturated carbocycles. The highest BCUT2D eigenvalue weighted by Gasteiger charge is 2.40. The number of aromatic nitrogens is 2. The Morgan fingerprint density at radius 2 is 2.16 bits per heavy atom. The molecule has 134 valence electrons. The predicted octanol–water partition coefficient (Wildman–Crippen LogP) is 2.60. The fraction of sp³-hybridized carbons (Fsp3) is 0.550. The van der Waals surface area contributed by atoms with Crippen LogP contribution in [0, 0.1) is 6.92 Å². The third-order valence-corrected chi connectivity index (χ3v) is 5.54. The Balaban J connectivity index is 1.47. The summed E-state index contributed by atoms with van der Waals surface area (Å²) in [7, 11) is 2.07. The van der Waals surface area contributed by atoms with Gasteiger partial charge in [0.15, 0.2) is 0 Å². The lowest BCUT2D eigenvalue weighted by Gasteiger charge is -2.48. The minimum atomic E-state index is -0.0428. The van der Waals surface area contributed by atoms with Gasteiger partial charge in [-0.1, -0.05) is 12.1 Å². The Kier molecular flexibility index (Phi) is 4.52. The molecule has 2 aliphatic rings. The van der Waals surface area contributed by atoms with E-state index in [1.807, 2.05) is 12.5 Å². The number of hydrogen-bond donors (Lipinski definition) is 0. The third-order valence-electron chi connectivity index (χ3n) is 5.54. The van der Waals surface area contributed by atoms with Crippen molar-refractivity contribution in [1.82, 2.24) is 14.5 Å². The van der Waals surface area contributed by atoms with Crippen LogP contribution in [-0.2, 0) is 18.3 Å². The number of morpholine rings is 1. The number of aryl methyl sites for hydroxylation is 2. The Labute approximate surface area is 150 Å². The van der Waals surface area contributed by atoms with Crippen molar-refractivity contribution in [2.24, 2.45) is 7.05 Å². The van der Waals surface area contributed by atoms with Gasteiger partial charge in [-0.15, -0.1) is 0 Å². The van der Waals surface area contributed by atoms with E-state index in [2.05, 4.69) is 57.6 Å². The van der Waals surface area contributed by atoms with Crippen molar-refractivity contribution < 1.29 is 4.74 Å². The van der Waals surface area contributed by atoms with E-state index in [1.54, 1.807) is 0 Å². The second-order valence-electron chi connectivity index (χ2n) is 7.60. The number of anilines is 1. The van der Waals surface area contributed by atoms with Gasteiger partial charge in [0, 0.05) is 51.7 Å². The Bertz CT molecular complexity index is 724. The molecule has 1 aromatic heterocycles. The Hall–Kier alpha value is -1.85. The molecule has 5 nitrogen and oxygen atoms in total.